The van der Waals surface area contributed by atoms with E-state index in [1.165, 1.54) is 0 Å². The zero-order valence-corrected chi connectivity index (χ0v) is 79.6. The first-order valence-electron chi connectivity index (χ1n) is 41.6. The molecule has 714 valence electrons. The van der Waals surface area contributed by atoms with Gasteiger partial charge in [0.15, 0.2) is 21.2 Å². The molecule has 48 heteroatoms. The first-order valence-corrected chi connectivity index (χ1v) is 43.9. The summed E-state index contributed by atoms with van der Waals surface area (Å²) in [7, 11) is -0.944. The number of unbranched alkanes of at least 4 members (excludes halogenated alkanes) is 16. The topological polar surface area (TPSA) is 583 Å². The van der Waals surface area contributed by atoms with E-state index in [9.17, 15) is 91.6 Å². The second-order valence-corrected chi connectivity index (χ2v) is 31.4. The number of imide groups is 3. The van der Waals surface area contributed by atoms with Gasteiger partial charge in [-0.05, 0) is 79.1 Å². The number of amides is 9. The van der Waals surface area contributed by atoms with Crippen LogP contribution in [0.2, 0.25) is 0 Å². The Kier molecular flexibility index (Phi) is 72.1. The zero-order valence-electron chi connectivity index (χ0n) is 73.7. The second-order valence-electron chi connectivity index (χ2n) is 29.2. The SMILES string of the molecule is C.C.CNC(=O)CCCCCCCC(=O)O[C@H](COC(=O)CCCCCCCC(=O)ON1C(=O)CCC1=O)CO[P+]([O-])(O)OCC(O)COPOC[C@@H](COC(=O)CCCCCCCC(=O)ON1C(=O)CCC1=O)OC(=O)CCCCCCCC(=O)ON1C(=O)CCC1=O.CNC(=O)CCOCC1=CNNN1C(C)C.CNC(=O)CCc1cn(C(C)C)nn1.O.[Na+].[Na+]. The van der Waals surface area contributed by atoms with Crippen molar-refractivity contribution in [2.45, 2.75) is 311 Å². The molecule has 3 unspecified atom stereocenters. The minimum atomic E-state index is -4.96. The molecule has 0 spiro atoms. The molecule has 3 saturated heterocycles. The summed E-state index contributed by atoms with van der Waals surface area (Å²) in [5.41, 5.74) is 7.82. The molecule has 44 nitrogen and oxygen atoms in total. The molecule has 127 heavy (non-hydrogen) atoms. The summed E-state index contributed by atoms with van der Waals surface area (Å²) in [5.74, 6) is -8.17. The van der Waals surface area contributed by atoms with Crippen molar-refractivity contribution >= 4 is 112 Å². The fraction of sp³-hybridized carbons (Fsp3) is 0.747. The maximum atomic E-state index is 12.9. The Hall–Kier alpha value is -6.94. The standard InChI is InChI=1S/C58H90N4O28P2.C10H20N4O2.C9H16N4O.2CH4.2Na.H2O/c1-59-45(64)22-14-6-2-9-17-26-55(74)87-44(39-81-53(72)24-16-8-4-12-20-28-57(76)89-61-48(67)32-33-49(61)68)41-85-92(78,79)84-37-42(63)36-82-91-83-40-43(86-54(73)25-18-10-5-13-21-29-58(77)90-62-50(69)34-35-51(62)70)38-80-52(71)23-15-7-3-11-19-27-56(75)88-60-46(65)30-31-47(60)66;1-8(2)14-9(6-12-13-14)7-16-5-4-10(15)11-3;1-7(2)13-6-8(11-12-13)4-5-9(14)10-3;;;;;/h42-44,63,91H,2-41H2,1H3,(H,59,64)(H,78,79);6,8,12-13H,4-5,7H2,1-3H3,(H,11,15);6-7H,4-5H2,1-3H3,(H,10,14);2*1H4;;;1H2/q;;;;;2*+1;/t42?,43-,44-;;;;;;;/m1......./s1. The van der Waals surface area contributed by atoms with Crippen molar-refractivity contribution in [3.63, 3.8) is 0 Å². The van der Waals surface area contributed by atoms with Gasteiger partial charge < -0.3 is 84.1 Å². The third-order valence-corrected chi connectivity index (χ3v) is 19.7. The van der Waals surface area contributed by atoms with Crippen molar-refractivity contribution in [1.29, 1.82) is 0 Å². The van der Waals surface area contributed by atoms with Crippen molar-refractivity contribution in [3.8, 4) is 0 Å². The maximum absolute atomic E-state index is 12.9. The number of rotatable bonds is 63. The fourth-order valence-corrected chi connectivity index (χ4v) is 12.6. The number of aromatic nitrogens is 3. The number of aliphatic hydroxyl groups is 1. The van der Waals surface area contributed by atoms with E-state index in [4.69, 9.17) is 56.3 Å². The van der Waals surface area contributed by atoms with Crippen LogP contribution >= 0.6 is 17.2 Å². The van der Waals surface area contributed by atoms with Gasteiger partial charge in [-0.1, -0.05) is 97.1 Å². The van der Waals surface area contributed by atoms with Crippen LogP contribution in [-0.2, 0) is 139 Å². The Morgan fingerprint density at radius 3 is 1.20 bits per heavy atom. The van der Waals surface area contributed by atoms with Crippen LogP contribution in [0, 0.1) is 0 Å². The van der Waals surface area contributed by atoms with Crippen molar-refractivity contribution in [2.75, 3.05) is 74.0 Å². The van der Waals surface area contributed by atoms with E-state index >= 15 is 0 Å². The average Bonchev–Trinajstić information content (AvgIpc) is 1.75. The molecule has 0 saturated carbocycles. The molecule has 0 aliphatic carbocycles. The van der Waals surface area contributed by atoms with Gasteiger partial charge in [-0.25, -0.2) is 19.1 Å². The van der Waals surface area contributed by atoms with Crippen LogP contribution in [0.5, 0.6) is 0 Å². The van der Waals surface area contributed by atoms with E-state index in [0.29, 0.717) is 182 Å². The average molecular weight is 1870 g/mol. The van der Waals surface area contributed by atoms with Gasteiger partial charge in [0.05, 0.1) is 37.8 Å². The number of nitrogens with zero attached hydrogens (tertiary/aromatic N) is 7. The third kappa shape index (κ3) is 58.5. The summed E-state index contributed by atoms with van der Waals surface area (Å²) in [4.78, 5) is 229. The Morgan fingerprint density at radius 1 is 0.472 bits per heavy atom. The Labute approximate surface area is 789 Å². The fourth-order valence-electron chi connectivity index (χ4n) is 11.2. The first kappa shape index (κ1) is 124. The number of hydrogen-bond donors (Lipinski definition) is 7. The summed E-state index contributed by atoms with van der Waals surface area (Å²) in [6.07, 6.45) is 12.8. The molecule has 4 aliphatic heterocycles. The molecule has 0 bridgehead atoms. The number of nitrogens with one attached hydrogen (secondary N) is 5. The summed E-state index contributed by atoms with van der Waals surface area (Å²) in [6, 6.07) is 0.667. The Morgan fingerprint density at radius 2 is 0.819 bits per heavy atom. The molecule has 0 aromatic carbocycles. The molecule has 5 heterocycles. The van der Waals surface area contributed by atoms with Crippen LogP contribution in [-0.4, -0.2) is 244 Å². The van der Waals surface area contributed by atoms with Crippen LogP contribution in [0.3, 0.4) is 0 Å². The van der Waals surface area contributed by atoms with Gasteiger partial charge in [-0.15, -0.1) is 25.8 Å². The zero-order chi connectivity index (χ0) is 90.0. The number of aliphatic hydroxyl groups excluding tert-OH is 1. The van der Waals surface area contributed by atoms with E-state index in [0.717, 1.165) is 24.2 Å². The molecule has 3 fully saturated rings. The smallest absolute Gasteiger partial charge is 0.606 e. The van der Waals surface area contributed by atoms with Gasteiger partial charge in [0, 0.05) is 155 Å². The second kappa shape index (κ2) is 73.7. The predicted molar refractivity (Wildman–Crippen MR) is 445 cm³/mol. The normalized spacial score (nSPS) is 14.5. The third-order valence-electron chi connectivity index (χ3n) is 18.1. The van der Waals surface area contributed by atoms with E-state index in [1.54, 1.807) is 25.8 Å². The molecular weight excluding hydrogens is 1740 g/mol. The number of carbonyl (C=O) groups excluding carboxylic acids is 16. The van der Waals surface area contributed by atoms with Crippen LogP contribution in [0.25, 0.3) is 0 Å². The van der Waals surface area contributed by atoms with Gasteiger partial charge >= 0.3 is 109 Å². The van der Waals surface area contributed by atoms with Crippen molar-refractivity contribution in [3.05, 3.63) is 23.8 Å². The molecule has 0 radical (unpaired) electrons. The number of phosphoric ester groups is 1. The Bertz CT molecular complexity index is 3450. The van der Waals surface area contributed by atoms with Crippen molar-refractivity contribution < 1.29 is 212 Å². The van der Waals surface area contributed by atoms with E-state index < -0.39 is 139 Å². The van der Waals surface area contributed by atoms with Crippen LogP contribution < -0.4 is 90.9 Å². The van der Waals surface area contributed by atoms with Crippen LogP contribution in [0.15, 0.2) is 18.1 Å². The quantitative estimate of drug-likeness (QED) is 0.0103. The molecule has 1 aromatic heterocycles. The van der Waals surface area contributed by atoms with Gasteiger partial charge in [0.1, 0.15) is 32.5 Å². The molecule has 5 rings (SSSR count). The summed E-state index contributed by atoms with van der Waals surface area (Å²) >= 11 is 0. The van der Waals surface area contributed by atoms with Gasteiger partial charge in [0.25, 0.3) is 35.4 Å². The largest absolute Gasteiger partial charge is 1.00 e. The molecule has 5 atom stereocenters. The summed E-state index contributed by atoms with van der Waals surface area (Å²) in [5, 5.41) is 29.6. The first-order chi connectivity index (χ1) is 58.3. The van der Waals surface area contributed by atoms with Gasteiger partial charge in [-0.2, -0.15) is 13.9 Å². The number of ether oxygens (including phenoxy) is 5. The molecule has 9 amide bonds. The molecule has 1 aromatic rings. The number of hydrogen-bond acceptors (Lipinski definition) is 36. The predicted octanol–water partition coefficient (Wildman–Crippen LogP) is -0.940. The van der Waals surface area contributed by atoms with Gasteiger partial charge in [-0.3, -0.25) is 67.3 Å². The van der Waals surface area contributed by atoms with Crippen molar-refractivity contribution in [2.24, 2.45) is 0 Å². The maximum Gasteiger partial charge on any atom is 1.00 e. The molecular formula is C79H136N12Na2O32P2+2. The summed E-state index contributed by atoms with van der Waals surface area (Å²) < 4.78 is 49.8. The number of phosphoric acid groups is 1. The number of hydroxylamine groups is 6. The van der Waals surface area contributed by atoms with E-state index in [2.05, 4.69) is 51.1 Å². The monoisotopic (exact) mass is 1870 g/mol. The van der Waals surface area contributed by atoms with E-state index in [-0.39, 0.29) is 194 Å². The number of carbonyl (C=O) groups is 16. The Balaban J connectivity index is -0.00000366. The van der Waals surface area contributed by atoms with Crippen molar-refractivity contribution in [1.82, 2.24) is 62.1 Å². The molecule has 9 N–H and O–H groups in total. The van der Waals surface area contributed by atoms with Crippen LogP contribution in [0.1, 0.15) is 285 Å². The number of hydrazine groups is 2. The molecule has 4 aliphatic rings. The summed E-state index contributed by atoms with van der Waals surface area (Å²) in [6.45, 7) is 5.86. The van der Waals surface area contributed by atoms with Crippen LogP contribution in [0.4, 0.5) is 0 Å². The minimum Gasteiger partial charge on any atom is -0.606 e. The van der Waals surface area contributed by atoms with E-state index in [1.807, 2.05) is 31.3 Å². The number of aryl methyl sites for hydroxylation is 1. The minimum absolute atomic E-state index is 0. The van der Waals surface area contributed by atoms with Gasteiger partial charge in [0.2, 0.25) is 17.7 Å². The number of esters is 4.